The van der Waals surface area contributed by atoms with Gasteiger partial charge in [-0.15, -0.1) is 0 Å². The minimum absolute atomic E-state index is 0.109. The van der Waals surface area contributed by atoms with Gasteiger partial charge in [-0.05, 0) is 36.8 Å². The van der Waals surface area contributed by atoms with Crippen LogP contribution >= 0.6 is 11.6 Å². The predicted octanol–water partition coefficient (Wildman–Crippen LogP) is 4.91. The van der Waals surface area contributed by atoms with Crippen LogP contribution in [0.4, 0.5) is 17.1 Å². The normalized spacial score (nSPS) is 11.9. The van der Waals surface area contributed by atoms with Crippen LogP contribution in [0.3, 0.4) is 0 Å². The van der Waals surface area contributed by atoms with Crippen molar-refractivity contribution in [2.24, 2.45) is 0 Å². The lowest BCUT2D eigenvalue weighted by molar-refractivity contribution is 0.880. The number of pyridine rings is 1. The first-order chi connectivity index (χ1) is 14.0. The summed E-state index contributed by atoms with van der Waals surface area (Å²) in [4.78, 5) is 28.6. The molecular formula is C23H18ClN3O2. The average Bonchev–Trinajstić information content (AvgIpc) is 2.77. The first kappa shape index (κ1) is 18.9. The van der Waals surface area contributed by atoms with Crippen molar-refractivity contribution >= 4 is 28.7 Å². The van der Waals surface area contributed by atoms with Gasteiger partial charge in [-0.25, -0.2) is 0 Å². The van der Waals surface area contributed by atoms with Crippen molar-refractivity contribution in [3.8, 4) is 11.3 Å². The fraction of sp³-hybridized carbons (Fsp3) is 0.0870. The highest BCUT2D eigenvalue weighted by Gasteiger charge is 2.23. The standard InChI is InChI=1S/C23H18ClN3O2/c1-14(15-5-3-2-4-6-15)26-20-21(23(29)22(20)28)27-18-11-12-25-19(13-18)16-7-9-17(24)10-8-16/h2-14,26H,1H3,(H,25,27)/t14-/m1/s1. The zero-order chi connectivity index (χ0) is 20.4. The maximum Gasteiger partial charge on any atom is 0.253 e. The Bertz CT molecular complexity index is 1210. The number of anilines is 3. The summed E-state index contributed by atoms with van der Waals surface area (Å²) >= 11 is 5.94. The summed E-state index contributed by atoms with van der Waals surface area (Å²) in [6.07, 6.45) is 1.65. The quantitative estimate of drug-likeness (QED) is 0.447. The predicted molar refractivity (Wildman–Crippen MR) is 118 cm³/mol. The van der Waals surface area contributed by atoms with Crippen molar-refractivity contribution in [3.05, 3.63) is 104 Å². The Morgan fingerprint density at radius 3 is 2.31 bits per heavy atom. The largest absolute Gasteiger partial charge is 0.373 e. The molecule has 29 heavy (non-hydrogen) atoms. The second-order valence-electron chi connectivity index (χ2n) is 6.75. The highest BCUT2D eigenvalue weighted by Crippen LogP contribution is 2.27. The van der Waals surface area contributed by atoms with Gasteiger partial charge in [0.25, 0.3) is 10.9 Å². The Labute approximate surface area is 172 Å². The zero-order valence-electron chi connectivity index (χ0n) is 15.6. The number of benzene rings is 2. The monoisotopic (exact) mass is 403 g/mol. The lowest BCUT2D eigenvalue weighted by Crippen LogP contribution is -2.37. The fourth-order valence-electron chi connectivity index (χ4n) is 3.12. The number of hydrogen-bond acceptors (Lipinski definition) is 5. The van der Waals surface area contributed by atoms with Gasteiger partial charge in [0.05, 0.1) is 5.69 Å². The Morgan fingerprint density at radius 2 is 1.59 bits per heavy atom. The number of nitrogens with one attached hydrogen (secondary N) is 2. The van der Waals surface area contributed by atoms with E-state index in [1.54, 1.807) is 24.4 Å². The molecule has 0 aliphatic rings. The third-order valence-electron chi connectivity index (χ3n) is 4.74. The molecule has 0 aliphatic carbocycles. The number of halogens is 1. The van der Waals surface area contributed by atoms with Gasteiger partial charge in [0.15, 0.2) is 0 Å². The summed E-state index contributed by atoms with van der Waals surface area (Å²) in [6.45, 7) is 1.95. The third kappa shape index (κ3) is 3.91. The van der Waals surface area contributed by atoms with E-state index in [0.717, 1.165) is 16.8 Å². The van der Waals surface area contributed by atoms with Gasteiger partial charge in [0.1, 0.15) is 11.4 Å². The molecule has 3 aromatic carbocycles. The minimum Gasteiger partial charge on any atom is -0.373 e. The van der Waals surface area contributed by atoms with Crippen molar-refractivity contribution in [1.29, 1.82) is 0 Å². The van der Waals surface area contributed by atoms with Gasteiger partial charge in [-0.3, -0.25) is 14.6 Å². The lowest BCUT2D eigenvalue weighted by atomic mass is 10.1. The van der Waals surface area contributed by atoms with E-state index < -0.39 is 10.9 Å². The van der Waals surface area contributed by atoms with Crippen LogP contribution in [0, 0.1) is 0 Å². The van der Waals surface area contributed by atoms with Crippen molar-refractivity contribution < 1.29 is 0 Å². The SMILES string of the molecule is C[C@@H](Nc1c(Nc2ccnc(-c3ccc(Cl)cc3)c2)c(=O)c1=O)c1ccccc1. The molecule has 0 aliphatic heterocycles. The molecule has 1 heterocycles. The highest BCUT2D eigenvalue weighted by atomic mass is 35.5. The van der Waals surface area contributed by atoms with Crippen LogP contribution in [-0.2, 0) is 0 Å². The van der Waals surface area contributed by atoms with Gasteiger partial charge in [0.2, 0.25) is 0 Å². The van der Waals surface area contributed by atoms with Crippen molar-refractivity contribution in [1.82, 2.24) is 4.98 Å². The number of rotatable bonds is 6. The molecule has 1 atom stereocenters. The average molecular weight is 404 g/mol. The molecule has 0 spiro atoms. The molecule has 0 saturated heterocycles. The molecule has 6 heteroatoms. The topological polar surface area (TPSA) is 71.1 Å². The third-order valence-corrected chi connectivity index (χ3v) is 4.99. The molecule has 4 rings (SSSR count). The van der Waals surface area contributed by atoms with E-state index in [2.05, 4.69) is 15.6 Å². The summed E-state index contributed by atoms with van der Waals surface area (Å²) in [5, 5.41) is 6.87. The maximum atomic E-state index is 12.1. The van der Waals surface area contributed by atoms with E-state index in [1.807, 2.05) is 55.5 Å². The van der Waals surface area contributed by atoms with Crippen LogP contribution in [0.25, 0.3) is 11.3 Å². The van der Waals surface area contributed by atoms with E-state index in [0.29, 0.717) is 16.4 Å². The van der Waals surface area contributed by atoms with Gasteiger partial charge in [-0.2, -0.15) is 0 Å². The van der Waals surface area contributed by atoms with Gasteiger partial charge in [0, 0.05) is 28.5 Å². The number of hydrogen-bond donors (Lipinski definition) is 2. The maximum absolute atomic E-state index is 12.1. The Morgan fingerprint density at radius 1 is 0.897 bits per heavy atom. The van der Waals surface area contributed by atoms with Crippen LogP contribution < -0.4 is 21.5 Å². The molecule has 0 fully saturated rings. The summed E-state index contributed by atoms with van der Waals surface area (Å²) in [6, 6.07) is 20.5. The summed E-state index contributed by atoms with van der Waals surface area (Å²) < 4.78 is 0. The van der Waals surface area contributed by atoms with Crippen molar-refractivity contribution in [2.45, 2.75) is 13.0 Å². The molecule has 5 nitrogen and oxygen atoms in total. The molecular weight excluding hydrogens is 386 g/mol. The summed E-state index contributed by atoms with van der Waals surface area (Å²) in [5.41, 5.74) is 2.87. The molecule has 0 bridgehead atoms. The summed E-state index contributed by atoms with van der Waals surface area (Å²) in [5.74, 6) is 0. The van der Waals surface area contributed by atoms with Gasteiger partial charge < -0.3 is 10.6 Å². The fourth-order valence-corrected chi connectivity index (χ4v) is 3.25. The van der Waals surface area contributed by atoms with E-state index in [-0.39, 0.29) is 11.7 Å². The molecule has 4 aromatic rings. The first-order valence-corrected chi connectivity index (χ1v) is 9.54. The highest BCUT2D eigenvalue weighted by molar-refractivity contribution is 6.30. The molecule has 0 amide bonds. The van der Waals surface area contributed by atoms with Crippen molar-refractivity contribution in [3.63, 3.8) is 0 Å². The van der Waals surface area contributed by atoms with Crippen LogP contribution in [0.5, 0.6) is 0 Å². The van der Waals surface area contributed by atoms with Crippen LogP contribution in [0.1, 0.15) is 18.5 Å². The van der Waals surface area contributed by atoms with E-state index in [4.69, 9.17) is 11.6 Å². The molecule has 1 aromatic heterocycles. The van der Waals surface area contributed by atoms with Gasteiger partial charge in [-0.1, -0.05) is 54.1 Å². The Hall–Kier alpha value is -3.44. The Kier molecular flexibility index (Phi) is 5.14. The molecule has 0 saturated carbocycles. The number of nitrogens with zero attached hydrogens (tertiary/aromatic N) is 1. The lowest BCUT2D eigenvalue weighted by Gasteiger charge is -2.20. The zero-order valence-corrected chi connectivity index (χ0v) is 16.4. The first-order valence-electron chi connectivity index (χ1n) is 9.17. The van der Waals surface area contributed by atoms with Crippen LogP contribution in [-0.4, -0.2) is 4.98 Å². The second-order valence-corrected chi connectivity index (χ2v) is 7.18. The van der Waals surface area contributed by atoms with E-state index in [9.17, 15) is 9.59 Å². The van der Waals surface area contributed by atoms with Crippen molar-refractivity contribution in [2.75, 3.05) is 10.6 Å². The van der Waals surface area contributed by atoms with Gasteiger partial charge >= 0.3 is 0 Å². The molecule has 2 N–H and O–H groups in total. The summed E-state index contributed by atoms with van der Waals surface area (Å²) in [7, 11) is 0. The minimum atomic E-state index is -0.530. The smallest absolute Gasteiger partial charge is 0.253 e. The molecule has 144 valence electrons. The van der Waals surface area contributed by atoms with Crippen LogP contribution in [0.2, 0.25) is 5.02 Å². The Balaban J connectivity index is 1.57. The second kappa shape index (κ2) is 7.89. The molecule has 0 radical (unpaired) electrons. The van der Waals surface area contributed by atoms with E-state index in [1.165, 1.54) is 0 Å². The molecule has 0 unspecified atom stereocenters. The van der Waals surface area contributed by atoms with Crippen LogP contribution in [0.15, 0.2) is 82.5 Å². The number of aromatic nitrogens is 1. The van der Waals surface area contributed by atoms with E-state index >= 15 is 0 Å².